The first-order valence-electron chi connectivity index (χ1n) is 4.91. The number of halogens is 4. The van der Waals surface area contributed by atoms with E-state index in [0.29, 0.717) is 12.3 Å². The molecule has 0 spiro atoms. The Morgan fingerprint density at radius 2 is 1.86 bits per heavy atom. The molecule has 0 nitrogen and oxygen atoms in total. The highest BCUT2D eigenvalue weighted by molar-refractivity contribution is 6.53. The van der Waals surface area contributed by atoms with E-state index in [0.717, 1.165) is 6.42 Å². The van der Waals surface area contributed by atoms with Crippen molar-refractivity contribution in [2.24, 2.45) is 11.8 Å². The second kappa shape index (κ2) is 3.99. The molecule has 0 aromatic rings. The van der Waals surface area contributed by atoms with E-state index in [1.165, 1.54) is 6.92 Å². The maximum atomic E-state index is 14.0. The molecule has 0 N–H and O–H groups in total. The summed E-state index contributed by atoms with van der Waals surface area (Å²) in [6.07, 6.45) is 1.13. The average Bonchev–Trinajstić information content (AvgIpc) is 2.00. The van der Waals surface area contributed by atoms with Crippen LogP contribution in [0.25, 0.3) is 0 Å². The van der Waals surface area contributed by atoms with Crippen LogP contribution >= 0.6 is 34.8 Å². The van der Waals surface area contributed by atoms with Gasteiger partial charge in [-0.1, -0.05) is 37.0 Å². The van der Waals surface area contributed by atoms with Crippen LogP contribution in [-0.2, 0) is 0 Å². The summed E-state index contributed by atoms with van der Waals surface area (Å²) in [6, 6.07) is 0. The molecule has 1 saturated carbocycles. The third-order valence-corrected chi connectivity index (χ3v) is 5.35. The first-order chi connectivity index (χ1) is 6.20. The molecule has 4 heteroatoms. The van der Waals surface area contributed by atoms with Crippen LogP contribution < -0.4 is 0 Å². The highest BCUT2D eigenvalue weighted by atomic mass is 35.5. The largest absolute Gasteiger partial charge is 0.241 e. The van der Waals surface area contributed by atoms with Gasteiger partial charge < -0.3 is 0 Å². The van der Waals surface area contributed by atoms with Crippen molar-refractivity contribution in [3.8, 4) is 0 Å². The van der Waals surface area contributed by atoms with Gasteiger partial charge in [-0.25, -0.2) is 4.39 Å². The number of hydrogen-bond acceptors (Lipinski definition) is 0. The molecule has 3 atom stereocenters. The van der Waals surface area contributed by atoms with Gasteiger partial charge in [0.15, 0.2) is 4.33 Å². The van der Waals surface area contributed by atoms with Gasteiger partial charge in [0, 0.05) is 0 Å². The van der Waals surface area contributed by atoms with Gasteiger partial charge in [-0.2, -0.15) is 0 Å². The predicted octanol–water partition coefficient (Wildman–Crippen LogP) is 4.56. The van der Waals surface area contributed by atoms with Gasteiger partial charge in [0.2, 0.25) is 0 Å². The molecule has 1 aliphatic rings. The highest BCUT2D eigenvalue weighted by Gasteiger charge is 2.57. The highest BCUT2D eigenvalue weighted by Crippen LogP contribution is 2.53. The lowest BCUT2D eigenvalue weighted by molar-refractivity contribution is 0.0807. The van der Waals surface area contributed by atoms with Crippen molar-refractivity contribution in [1.82, 2.24) is 0 Å². The normalized spacial score (nSPS) is 42.9. The van der Waals surface area contributed by atoms with Crippen LogP contribution in [0.3, 0.4) is 0 Å². The minimum Gasteiger partial charge on any atom is -0.241 e. The third-order valence-electron chi connectivity index (χ3n) is 3.22. The van der Waals surface area contributed by atoms with Crippen molar-refractivity contribution in [2.45, 2.75) is 49.0 Å². The SMILES string of the molecule is CC(C)C1CCC(C)(F)C(Cl)(Cl)C1Cl. The first-order valence-corrected chi connectivity index (χ1v) is 6.10. The van der Waals surface area contributed by atoms with Crippen LogP contribution in [0.15, 0.2) is 0 Å². The molecule has 1 rings (SSSR count). The van der Waals surface area contributed by atoms with E-state index in [9.17, 15) is 4.39 Å². The Morgan fingerprint density at radius 3 is 2.29 bits per heavy atom. The molecule has 0 aromatic carbocycles. The number of alkyl halides is 4. The van der Waals surface area contributed by atoms with Crippen LogP contribution in [0, 0.1) is 11.8 Å². The van der Waals surface area contributed by atoms with Crippen LogP contribution in [0.4, 0.5) is 4.39 Å². The zero-order valence-electron chi connectivity index (χ0n) is 8.66. The summed E-state index contributed by atoms with van der Waals surface area (Å²) in [7, 11) is 0. The van der Waals surface area contributed by atoms with Gasteiger partial charge in [0.25, 0.3) is 0 Å². The Kier molecular flexibility index (Phi) is 3.67. The van der Waals surface area contributed by atoms with E-state index in [1.807, 2.05) is 0 Å². The van der Waals surface area contributed by atoms with E-state index in [2.05, 4.69) is 13.8 Å². The van der Waals surface area contributed by atoms with Crippen molar-refractivity contribution >= 4 is 34.8 Å². The van der Waals surface area contributed by atoms with Gasteiger partial charge in [0.05, 0.1) is 5.38 Å². The van der Waals surface area contributed by atoms with Gasteiger partial charge >= 0.3 is 0 Å². The summed E-state index contributed by atoms with van der Waals surface area (Å²) in [4.78, 5) is 0. The fourth-order valence-corrected chi connectivity index (χ4v) is 3.14. The fraction of sp³-hybridized carbons (Fsp3) is 1.00. The van der Waals surface area contributed by atoms with Gasteiger partial charge in [-0.05, 0) is 31.6 Å². The van der Waals surface area contributed by atoms with Crippen molar-refractivity contribution < 1.29 is 4.39 Å². The van der Waals surface area contributed by atoms with Gasteiger partial charge in [-0.15, -0.1) is 11.6 Å². The smallest absolute Gasteiger partial charge is 0.168 e. The molecule has 1 fully saturated rings. The van der Waals surface area contributed by atoms with E-state index >= 15 is 0 Å². The van der Waals surface area contributed by atoms with Crippen molar-refractivity contribution in [3.05, 3.63) is 0 Å². The Hall–Kier alpha value is 0.800. The molecular formula is C10H16Cl3F. The van der Waals surface area contributed by atoms with E-state index in [1.54, 1.807) is 0 Å². The maximum Gasteiger partial charge on any atom is 0.168 e. The minimum atomic E-state index is -1.59. The molecule has 1 aliphatic carbocycles. The summed E-state index contributed by atoms with van der Waals surface area (Å²) in [6.45, 7) is 5.55. The first kappa shape index (κ1) is 12.9. The molecule has 0 bridgehead atoms. The van der Waals surface area contributed by atoms with Crippen LogP contribution in [0.5, 0.6) is 0 Å². The molecule has 0 saturated heterocycles. The zero-order chi connectivity index (χ0) is 11.1. The molecule has 0 aliphatic heterocycles. The minimum absolute atomic E-state index is 0.190. The van der Waals surface area contributed by atoms with E-state index in [4.69, 9.17) is 34.8 Å². The Bertz CT molecular complexity index is 213. The molecular weight excluding hydrogens is 245 g/mol. The van der Waals surface area contributed by atoms with Crippen LogP contribution in [0.2, 0.25) is 0 Å². The molecule has 0 heterocycles. The van der Waals surface area contributed by atoms with Gasteiger partial charge in [-0.3, -0.25) is 0 Å². The molecule has 3 unspecified atom stereocenters. The van der Waals surface area contributed by atoms with Crippen LogP contribution in [0.1, 0.15) is 33.6 Å². The fourth-order valence-electron chi connectivity index (χ4n) is 1.98. The maximum absolute atomic E-state index is 14.0. The van der Waals surface area contributed by atoms with E-state index < -0.39 is 15.4 Å². The summed E-state index contributed by atoms with van der Waals surface area (Å²) >= 11 is 18.2. The van der Waals surface area contributed by atoms with Crippen molar-refractivity contribution in [3.63, 3.8) is 0 Å². The monoisotopic (exact) mass is 260 g/mol. The second-order valence-electron chi connectivity index (χ2n) is 4.67. The molecule has 0 amide bonds. The topological polar surface area (TPSA) is 0 Å². The van der Waals surface area contributed by atoms with Gasteiger partial charge in [0.1, 0.15) is 5.67 Å². The average molecular weight is 262 g/mol. The lowest BCUT2D eigenvalue weighted by Crippen LogP contribution is -2.54. The summed E-state index contributed by atoms with van der Waals surface area (Å²) < 4.78 is 12.5. The molecule has 14 heavy (non-hydrogen) atoms. The quantitative estimate of drug-likeness (QED) is 0.607. The van der Waals surface area contributed by atoms with E-state index in [-0.39, 0.29) is 5.92 Å². The number of rotatable bonds is 1. The van der Waals surface area contributed by atoms with Crippen molar-refractivity contribution in [2.75, 3.05) is 0 Å². The van der Waals surface area contributed by atoms with Crippen LogP contribution in [-0.4, -0.2) is 15.4 Å². The molecule has 84 valence electrons. The lowest BCUT2D eigenvalue weighted by atomic mass is 9.75. The Balaban J connectivity index is 2.89. The standard InChI is InChI=1S/C10H16Cl3F/c1-6(2)7-4-5-9(3,14)10(12,13)8(7)11/h6-8H,4-5H2,1-3H3. The van der Waals surface area contributed by atoms with Crippen molar-refractivity contribution in [1.29, 1.82) is 0 Å². The summed E-state index contributed by atoms with van der Waals surface area (Å²) in [5, 5.41) is -0.519. The zero-order valence-corrected chi connectivity index (χ0v) is 10.9. The predicted molar refractivity (Wildman–Crippen MR) is 61.2 cm³/mol. The Labute approximate surface area is 100 Å². The molecule has 0 aromatic heterocycles. The lowest BCUT2D eigenvalue weighted by Gasteiger charge is -2.46. The summed E-state index contributed by atoms with van der Waals surface area (Å²) in [5.74, 6) is 0.570. The number of hydrogen-bond donors (Lipinski definition) is 0. The second-order valence-corrected chi connectivity index (χ2v) is 6.52. The Morgan fingerprint density at radius 1 is 1.36 bits per heavy atom. The third kappa shape index (κ3) is 2.01. The summed E-state index contributed by atoms with van der Waals surface area (Å²) in [5.41, 5.74) is -1.59. The molecule has 0 radical (unpaired) electrons.